The summed E-state index contributed by atoms with van der Waals surface area (Å²) in [5.41, 5.74) is 0.331. The number of aliphatic hydroxyl groups is 1. The van der Waals surface area contributed by atoms with E-state index in [9.17, 15) is 5.11 Å². The number of methoxy groups -OCH3 is 1. The first-order valence-corrected chi connectivity index (χ1v) is 10.8. The smallest absolute Gasteiger partial charge is 0.225 e. The Balaban J connectivity index is 1.53. The molecule has 1 N–H and O–H groups in total. The van der Waals surface area contributed by atoms with Crippen LogP contribution in [-0.4, -0.2) is 91.5 Å². The Morgan fingerprint density at radius 3 is 2.65 bits per heavy atom. The molecule has 1 atom stereocenters. The number of ether oxygens (including phenoxy) is 2. The number of benzene rings is 1. The normalized spacial score (nSPS) is 18.7. The summed E-state index contributed by atoms with van der Waals surface area (Å²) in [5, 5.41) is 11.1. The predicted molar refractivity (Wildman–Crippen MR) is 122 cm³/mol. The highest BCUT2D eigenvalue weighted by Gasteiger charge is 2.38. The molecule has 1 aliphatic heterocycles. The van der Waals surface area contributed by atoms with Gasteiger partial charge >= 0.3 is 0 Å². The van der Waals surface area contributed by atoms with Crippen LogP contribution in [0.1, 0.15) is 18.4 Å². The minimum atomic E-state index is -0.784. The average molecular weight is 430 g/mol. The van der Waals surface area contributed by atoms with Crippen LogP contribution >= 0.6 is 0 Å². The third kappa shape index (κ3) is 6.78. The number of nitrogens with zero attached hydrogens (tertiary/aromatic N) is 5. The highest BCUT2D eigenvalue weighted by atomic mass is 16.5. The first-order valence-electron chi connectivity index (χ1n) is 10.8. The maximum atomic E-state index is 11.1. The third-order valence-electron chi connectivity index (χ3n) is 5.42. The van der Waals surface area contributed by atoms with Crippen molar-refractivity contribution in [3.63, 3.8) is 0 Å². The van der Waals surface area contributed by atoms with Gasteiger partial charge in [0.25, 0.3) is 0 Å². The van der Waals surface area contributed by atoms with E-state index in [0.717, 1.165) is 36.6 Å². The Kier molecular flexibility index (Phi) is 8.06. The van der Waals surface area contributed by atoms with Gasteiger partial charge in [0.2, 0.25) is 5.95 Å². The Morgan fingerprint density at radius 2 is 1.94 bits per heavy atom. The molecule has 2 heterocycles. The van der Waals surface area contributed by atoms with Crippen molar-refractivity contribution in [2.45, 2.75) is 25.0 Å². The SMILES string of the molecule is COc1cc(CN(C)CC2(O)CCN(c3ncccn3)C2)ccc1OCCCN(C)C. The molecule has 8 heteroatoms. The van der Waals surface area contributed by atoms with E-state index in [4.69, 9.17) is 9.47 Å². The van der Waals surface area contributed by atoms with Gasteiger partial charge in [-0.2, -0.15) is 0 Å². The molecule has 1 aromatic carbocycles. The van der Waals surface area contributed by atoms with Crippen LogP contribution in [0.15, 0.2) is 36.7 Å². The molecule has 3 rings (SSSR count). The molecule has 1 fully saturated rings. The van der Waals surface area contributed by atoms with Crippen LogP contribution in [0.3, 0.4) is 0 Å². The van der Waals surface area contributed by atoms with Crippen LogP contribution in [0.2, 0.25) is 0 Å². The topological polar surface area (TPSA) is 74.2 Å². The van der Waals surface area contributed by atoms with Crippen LogP contribution in [-0.2, 0) is 6.54 Å². The van der Waals surface area contributed by atoms with Crippen molar-refractivity contribution in [1.82, 2.24) is 19.8 Å². The summed E-state index contributed by atoms with van der Waals surface area (Å²) in [6, 6.07) is 7.84. The number of aromatic nitrogens is 2. The quantitative estimate of drug-likeness (QED) is 0.543. The van der Waals surface area contributed by atoms with Crippen LogP contribution in [0, 0.1) is 0 Å². The molecule has 170 valence electrons. The first-order chi connectivity index (χ1) is 14.9. The zero-order valence-corrected chi connectivity index (χ0v) is 19.1. The number of likely N-dealkylation sites (N-methyl/N-ethyl adjacent to an activating group) is 1. The molecule has 0 saturated carbocycles. The summed E-state index contributed by atoms with van der Waals surface area (Å²) in [6.07, 6.45) is 5.12. The third-order valence-corrected chi connectivity index (χ3v) is 5.42. The van der Waals surface area contributed by atoms with Crippen molar-refractivity contribution in [2.24, 2.45) is 0 Å². The van der Waals surface area contributed by atoms with Gasteiger partial charge in [0.05, 0.1) is 25.9 Å². The molecule has 0 aliphatic carbocycles. The molecule has 31 heavy (non-hydrogen) atoms. The summed E-state index contributed by atoms with van der Waals surface area (Å²) in [6.45, 7) is 4.21. The molecule has 0 bridgehead atoms. The second-order valence-corrected chi connectivity index (χ2v) is 8.61. The monoisotopic (exact) mass is 429 g/mol. The van der Waals surface area contributed by atoms with Gasteiger partial charge in [-0.25, -0.2) is 9.97 Å². The van der Waals surface area contributed by atoms with Gasteiger partial charge in [-0.05, 0) is 57.7 Å². The van der Waals surface area contributed by atoms with E-state index in [0.29, 0.717) is 38.6 Å². The van der Waals surface area contributed by atoms with Gasteiger partial charge in [0.1, 0.15) is 0 Å². The molecule has 1 saturated heterocycles. The molecule has 0 radical (unpaired) electrons. The summed E-state index contributed by atoms with van der Waals surface area (Å²) in [4.78, 5) is 14.9. The van der Waals surface area contributed by atoms with E-state index in [1.54, 1.807) is 25.6 Å². The van der Waals surface area contributed by atoms with E-state index in [-0.39, 0.29) is 0 Å². The Bertz CT molecular complexity index is 820. The number of anilines is 1. The second-order valence-electron chi connectivity index (χ2n) is 8.61. The van der Waals surface area contributed by atoms with E-state index in [1.807, 2.05) is 24.1 Å². The van der Waals surface area contributed by atoms with Gasteiger partial charge in [-0.3, -0.25) is 4.90 Å². The highest BCUT2D eigenvalue weighted by Crippen LogP contribution is 2.29. The van der Waals surface area contributed by atoms with E-state index in [1.165, 1.54) is 0 Å². The molecule has 1 aromatic heterocycles. The maximum Gasteiger partial charge on any atom is 0.225 e. The fourth-order valence-electron chi connectivity index (χ4n) is 3.97. The maximum absolute atomic E-state index is 11.1. The standard InChI is InChI=1S/C23H35N5O3/c1-26(2)12-6-14-31-20-8-7-19(15-21(20)30-4)16-27(3)17-23(29)9-13-28(18-23)22-24-10-5-11-25-22/h5,7-8,10-11,15,29H,6,9,12-14,16-18H2,1-4H3. The Hall–Kier alpha value is -2.42. The zero-order valence-electron chi connectivity index (χ0n) is 19.1. The van der Waals surface area contributed by atoms with Crippen LogP contribution in [0.4, 0.5) is 5.95 Å². The number of rotatable bonds is 11. The van der Waals surface area contributed by atoms with Gasteiger partial charge in [0.15, 0.2) is 11.5 Å². The molecule has 1 unspecified atom stereocenters. The summed E-state index contributed by atoms with van der Waals surface area (Å²) >= 11 is 0. The molecule has 1 aliphatic rings. The number of hydrogen-bond acceptors (Lipinski definition) is 8. The van der Waals surface area contributed by atoms with E-state index >= 15 is 0 Å². The average Bonchev–Trinajstić information content (AvgIpc) is 3.13. The Labute approximate surface area is 185 Å². The number of β-amino-alcohol motifs (C(OH)–C–C–N with tert-alkyl or cyclic N) is 1. The van der Waals surface area contributed by atoms with Crippen LogP contribution < -0.4 is 14.4 Å². The van der Waals surface area contributed by atoms with Crippen molar-refractivity contribution >= 4 is 5.95 Å². The van der Waals surface area contributed by atoms with Gasteiger partial charge < -0.3 is 24.4 Å². The molecular formula is C23H35N5O3. The van der Waals surface area contributed by atoms with E-state index in [2.05, 4.69) is 39.9 Å². The lowest BCUT2D eigenvalue weighted by molar-refractivity contribution is 0.0279. The van der Waals surface area contributed by atoms with Crippen molar-refractivity contribution in [3.8, 4) is 11.5 Å². The Morgan fingerprint density at radius 1 is 1.16 bits per heavy atom. The molecular weight excluding hydrogens is 394 g/mol. The summed E-state index contributed by atoms with van der Waals surface area (Å²) in [5.74, 6) is 2.18. The summed E-state index contributed by atoms with van der Waals surface area (Å²) < 4.78 is 11.4. The molecule has 8 nitrogen and oxygen atoms in total. The van der Waals surface area contributed by atoms with Crippen molar-refractivity contribution in [3.05, 3.63) is 42.2 Å². The van der Waals surface area contributed by atoms with Gasteiger partial charge in [-0.1, -0.05) is 6.07 Å². The van der Waals surface area contributed by atoms with E-state index < -0.39 is 5.60 Å². The first kappa shape index (κ1) is 23.2. The summed E-state index contributed by atoms with van der Waals surface area (Å²) in [7, 11) is 7.80. The fraction of sp³-hybridized carbons (Fsp3) is 0.565. The lowest BCUT2D eigenvalue weighted by Gasteiger charge is -2.29. The van der Waals surface area contributed by atoms with Crippen molar-refractivity contribution in [2.75, 3.05) is 65.9 Å². The second kappa shape index (κ2) is 10.7. The number of hydrogen-bond donors (Lipinski definition) is 1. The minimum Gasteiger partial charge on any atom is -0.493 e. The lowest BCUT2D eigenvalue weighted by Crippen LogP contribution is -2.43. The lowest BCUT2D eigenvalue weighted by atomic mass is 10.0. The van der Waals surface area contributed by atoms with Crippen molar-refractivity contribution < 1.29 is 14.6 Å². The highest BCUT2D eigenvalue weighted by molar-refractivity contribution is 5.43. The molecule has 0 amide bonds. The minimum absolute atomic E-state index is 0.532. The predicted octanol–water partition coefficient (Wildman–Crippen LogP) is 1.89. The zero-order chi connectivity index (χ0) is 22.3. The largest absolute Gasteiger partial charge is 0.493 e. The van der Waals surface area contributed by atoms with Crippen molar-refractivity contribution in [1.29, 1.82) is 0 Å². The van der Waals surface area contributed by atoms with Crippen LogP contribution in [0.25, 0.3) is 0 Å². The van der Waals surface area contributed by atoms with Gasteiger partial charge in [0, 0.05) is 38.6 Å². The van der Waals surface area contributed by atoms with Crippen LogP contribution in [0.5, 0.6) is 11.5 Å². The molecule has 0 spiro atoms. The van der Waals surface area contributed by atoms with Gasteiger partial charge in [-0.15, -0.1) is 0 Å². The fourth-order valence-corrected chi connectivity index (χ4v) is 3.97. The molecule has 2 aromatic rings.